The Morgan fingerprint density at radius 3 is 1.10 bits per heavy atom. The first-order chi connectivity index (χ1) is 3.97. The van der Waals surface area contributed by atoms with E-state index in [1.54, 1.807) is 0 Å². The molecule has 8 heteroatoms. The average molecular weight is 287 g/mol. The molecule has 0 aliphatic heterocycles. The van der Waals surface area contributed by atoms with Gasteiger partial charge in [0.05, 0.1) is 0 Å². The molecule has 0 radical (unpaired) electrons. The van der Waals surface area contributed by atoms with Gasteiger partial charge in [-0.25, -0.2) is 0 Å². The minimum absolute atomic E-state index is 0.361. The molecule has 0 saturated heterocycles. The van der Waals surface area contributed by atoms with Crippen molar-refractivity contribution in [1.82, 2.24) is 0 Å². The maximum atomic E-state index is 9.21. The standard InChI is InChI=1S/C2H3ClO.Cl5P/c1-2(3)4;1-6(2,3,4)5/h1H3;. The molecule has 0 aliphatic carbocycles. The fraction of sp³-hybridized carbons (Fsp3) is 0.500. The van der Waals surface area contributed by atoms with Crippen LogP contribution in [0.3, 0.4) is 0 Å². The van der Waals surface area contributed by atoms with Gasteiger partial charge in [0, 0.05) is 6.92 Å². The Kier molecular flexibility index (Phi) is 6.85. The Balaban J connectivity index is 0. The summed E-state index contributed by atoms with van der Waals surface area (Å²) in [5.74, 6) is 0. The van der Waals surface area contributed by atoms with Crippen molar-refractivity contribution in [1.29, 1.82) is 0 Å². The molecule has 0 amide bonds. The minimum atomic E-state index is -3.69. The fourth-order valence-corrected chi connectivity index (χ4v) is 0. The number of halogens is 6. The van der Waals surface area contributed by atoms with Crippen LogP contribution in [0, 0.1) is 0 Å². The Labute approximate surface area is 87.7 Å². The quantitative estimate of drug-likeness (QED) is 0.448. The third kappa shape index (κ3) is 227. The summed E-state index contributed by atoms with van der Waals surface area (Å²) in [6.07, 6.45) is 0. The SMILES string of the molecule is CC(=O)Cl.ClP(Cl)(Cl)(Cl)Cl. The Morgan fingerprint density at radius 1 is 1.10 bits per heavy atom. The molecule has 0 aromatic carbocycles. The van der Waals surface area contributed by atoms with Crippen molar-refractivity contribution < 1.29 is 4.79 Å². The normalized spacial score (nSPS) is 14.1. The third-order valence-electron chi connectivity index (χ3n) is 0. The molecule has 0 N–H and O–H groups in total. The van der Waals surface area contributed by atoms with Gasteiger partial charge in [-0.1, -0.05) is 0 Å². The predicted molar refractivity (Wildman–Crippen MR) is 52.7 cm³/mol. The van der Waals surface area contributed by atoms with Crippen LogP contribution in [-0.2, 0) is 4.79 Å². The van der Waals surface area contributed by atoms with Crippen LogP contribution >= 0.6 is 71.2 Å². The van der Waals surface area contributed by atoms with Gasteiger partial charge in [-0.15, -0.1) is 0 Å². The molecule has 0 bridgehead atoms. The van der Waals surface area contributed by atoms with Crippen molar-refractivity contribution in [2.24, 2.45) is 0 Å². The van der Waals surface area contributed by atoms with Gasteiger partial charge in [0.1, 0.15) is 0 Å². The monoisotopic (exact) mass is 284 g/mol. The van der Waals surface area contributed by atoms with Gasteiger partial charge in [-0.05, 0) is 11.6 Å². The van der Waals surface area contributed by atoms with Gasteiger partial charge in [-0.2, -0.15) is 0 Å². The average Bonchev–Trinajstić information content (AvgIpc) is 1.14. The summed E-state index contributed by atoms with van der Waals surface area (Å²) in [7, 11) is 0. The second-order valence-electron chi connectivity index (χ2n) is 1.11. The summed E-state index contributed by atoms with van der Waals surface area (Å²) in [6, 6.07) is 0. The van der Waals surface area contributed by atoms with Crippen LogP contribution in [0.4, 0.5) is 0 Å². The molecule has 0 fully saturated rings. The van der Waals surface area contributed by atoms with E-state index < -0.39 is 3.37 Å². The van der Waals surface area contributed by atoms with E-state index in [0.717, 1.165) is 0 Å². The number of rotatable bonds is 0. The van der Waals surface area contributed by atoms with Crippen LogP contribution in [0.15, 0.2) is 0 Å². The van der Waals surface area contributed by atoms with E-state index >= 15 is 0 Å². The second-order valence-corrected chi connectivity index (χ2v) is 18.3. The van der Waals surface area contributed by atoms with Gasteiger partial charge in [0.15, 0.2) is 0 Å². The van der Waals surface area contributed by atoms with Gasteiger partial charge in [-0.3, -0.25) is 4.79 Å². The van der Waals surface area contributed by atoms with Crippen LogP contribution in [-0.4, -0.2) is 5.24 Å². The maximum absolute atomic E-state index is 9.21. The molecular weight excluding hydrogens is 284 g/mol. The summed E-state index contributed by atoms with van der Waals surface area (Å²) in [5.41, 5.74) is 0. The number of carbonyl (C=O) groups excluding carboxylic acids is 1. The molecule has 0 atom stereocenters. The van der Waals surface area contributed by atoms with E-state index in [9.17, 15) is 4.79 Å². The Morgan fingerprint density at radius 2 is 1.10 bits per heavy atom. The molecule has 1 nitrogen and oxygen atoms in total. The first-order valence-electron chi connectivity index (χ1n) is 1.74. The van der Waals surface area contributed by atoms with Crippen molar-refractivity contribution in [3.05, 3.63) is 0 Å². The van der Waals surface area contributed by atoms with Crippen LogP contribution in [0.2, 0.25) is 0 Å². The number of hydrogen-bond donors (Lipinski definition) is 0. The van der Waals surface area contributed by atoms with Gasteiger partial charge < -0.3 is 0 Å². The number of hydrogen-bond acceptors (Lipinski definition) is 1. The molecule has 0 unspecified atom stereocenters. The first-order valence-corrected chi connectivity index (χ1v) is 8.88. The van der Waals surface area contributed by atoms with Crippen LogP contribution in [0.5, 0.6) is 0 Å². The third-order valence-corrected chi connectivity index (χ3v) is 0. The topological polar surface area (TPSA) is 17.1 Å². The van der Waals surface area contributed by atoms with Crippen LogP contribution in [0.1, 0.15) is 6.92 Å². The molecule has 0 aliphatic rings. The van der Waals surface area contributed by atoms with Gasteiger partial charge in [0.2, 0.25) is 5.24 Å². The summed E-state index contributed by atoms with van der Waals surface area (Å²) < 4.78 is -3.69. The van der Waals surface area contributed by atoms with Crippen molar-refractivity contribution in [3.8, 4) is 0 Å². The molecular formula is C2H3Cl6OP. The molecule has 0 aromatic heterocycles. The molecule has 0 aromatic rings. The first kappa shape index (κ1) is 14.4. The summed E-state index contributed by atoms with van der Waals surface area (Å²) >= 11 is 29.5. The van der Waals surface area contributed by atoms with Gasteiger partial charge >= 0.3 is 59.6 Å². The van der Waals surface area contributed by atoms with E-state index in [4.69, 9.17) is 56.2 Å². The van der Waals surface area contributed by atoms with Crippen molar-refractivity contribution in [2.45, 2.75) is 6.92 Å². The molecule has 64 valence electrons. The van der Waals surface area contributed by atoms with Crippen LogP contribution in [0.25, 0.3) is 0 Å². The zero-order valence-electron chi connectivity index (χ0n) is 4.62. The molecule has 10 heavy (non-hydrogen) atoms. The van der Waals surface area contributed by atoms with E-state index in [1.807, 2.05) is 0 Å². The van der Waals surface area contributed by atoms with E-state index in [0.29, 0.717) is 0 Å². The van der Waals surface area contributed by atoms with Crippen molar-refractivity contribution in [2.75, 3.05) is 0 Å². The molecule has 0 heterocycles. The van der Waals surface area contributed by atoms with Crippen molar-refractivity contribution in [3.63, 3.8) is 0 Å². The zero-order valence-corrected chi connectivity index (χ0v) is 10.1. The van der Waals surface area contributed by atoms with E-state index in [1.165, 1.54) is 6.92 Å². The van der Waals surface area contributed by atoms with Crippen LogP contribution < -0.4 is 0 Å². The van der Waals surface area contributed by atoms with E-state index in [-0.39, 0.29) is 5.24 Å². The zero-order chi connectivity index (χ0) is 9.02. The predicted octanol–water partition coefficient (Wildman–Crippen LogP) is 5.08. The van der Waals surface area contributed by atoms with Gasteiger partial charge in [0.25, 0.3) is 0 Å². The Bertz CT molecular complexity index is 102. The summed E-state index contributed by atoms with van der Waals surface area (Å²) in [6.45, 7) is 1.29. The fourth-order valence-electron chi connectivity index (χ4n) is 0. The number of carbonyl (C=O) groups is 1. The van der Waals surface area contributed by atoms with Crippen molar-refractivity contribution >= 4 is 76.4 Å². The summed E-state index contributed by atoms with van der Waals surface area (Å²) in [4.78, 5) is 9.21. The molecule has 0 rings (SSSR count). The second kappa shape index (κ2) is 4.77. The molecule has 0 spiro atoms. The molecule has 0 saturated carbocycles. The Hall–Kier alpha value is 1.84. The van der Waals surface area contributed by atoms with E-state index in [2.05, 4.69) is 11.6 Å². The summed E-state index contributed by atoms with van der Waals surface area (Å²) in [5, 5.41) is -0.361.